The van der Waals surface area contributed by atoms with E-state index < -0.39 is 33.8 Å². The number of amides is 3. The molecule has 2 heterocycles. The third-order valence-corrected chi connectivity index (χ3v) is 7.35. The highest BCUT2D eigenvalue weighted by Crippen LogP contribution is 2.36. The zero-order valence-corrected chi connectivity index (χ0v) is 20.6. The van der Waals surface area contributed by atoms with Crippen molar-refractivity contribution in [2.24, 2.45) is 0 Å². The van der Waals surface area contributed by atoms with Crippen LogP contribution in [0.15, 0.2) is 65.6 Å². The first-order valence-corrected chi connectivity index (χ1v) is 12.8. The zero-order valence-electron chi connectivity index (χ0n) is 19.8. The third-order valence-electron chi connectivity index (χ3n) is 5.99. The molecule has 0 spiro atoms. The molecule has 2 N–H and O–H groups in total. The van der Waals surface area contributed by atoms with Crippen LogP contribution in [-0.4, -0.2) is 32.9 Å². The van der Waals surface area contributed by atoms with Crippen LogP contribution in [-0.2, 0) is 14.8 Å². The first kappa shape index (κ1) is 24.3. The number of ether oxygens (including phenoxy) is 3. The molecule has 2 aliphatic rings. The van der Waals surface area contributed by atoms with Crippen LogP contribution in [0.2, 0.25) is 0 Å². The molecule has 3 aromatic rings. The van der Waals surface area contributed by atoms with Crippen LogP contribution in [0.4, 0.5) is 0 Å². The first-order chi connectivity index (χ1) is 17.6. The van der Waals surface area contributed by atoms with Crippen LogP contribution in [0.25, 0.3) is 0 Å². The number of carbonyl (C=O) groups excluding carboxylic acids is 3. The highest BCUT2D eigenvalue weighted by Gasteiger charge is 2.31. The van der Waals surface area contributed by atoms with Crippen molar-refractivity contribution in [1.82, 2.24) is 10.0 Å². The SMILES string of the molecule is CC(C)c1ccc(S(=O)(=O)NC(=O)C(Oc2ccc3c(c2)C(=O)NC3=O)c2ccc3c(c2)OCO3)cc1. The molecule has 190 valence electrons. The molecule has 3 amide bonds. The van der Waals surface area contributed by atoms with E-state index in [1.807, 2.05) is 13.8 Å². The number of imide groups is 1. The van der Waals surface area contributed by atoms with Crippen LogP contribution < -0.4 is 24.2 Å². The van der Waals surface area contributed by atoms with Crippen LogP contribution in [0.5, 0.6) is 17.2 Å². The number of hydrogen-bond donors (Lipinski definition) is 2. The predicted molar refractivity (Wildman–Crippen MR) is 130 cm³/mol. The van der Waals surface area contributed by atoms with Crippen LogP contribution in [0.1, 0.15) is 57.7 Å². The number of benzene rings is 3. The lowest BCUT2D eigenvalue weighted by atomic mass is 10.0. The average molecular weight is 523 g/mol. The zero-order chi connectivity index (χ0) is 26.3. The molecule has 0 aliphatic carbocycles. The van der Waals surface area contributed by atoms with Gasteiger partial charge in [-0.2, -0.15) is 0 Å². The van der Waals surface area contributed by atoms with Crippen molar-refractivity contribution in [3.8, 4) is 17.2 Å². The number of sulfonamides is 1. The second kappa shape index (κ2) is 9.25. The number of hydrogen-bond acceptors (Lipinski definition) is 8. The van der Waals surface area contributed by atoms with Gasteiger partial charge < -0.3 is 14.2 Å². The highest BCUT2D eigenvalue weighted by atomic mass is 32.2. The van der Waals surface area contributed by atoms with E-state index in [4.69, 9.17) is 14.2 Å². The van der Waals surface area contributed by atoms with E-state index in [2.05, 4.69) is 10.0 Å². The van der Waals surface area contributed by atoms with Gasteiger partial charge >= 0.3 is 0 Å². The Morgan fingerprint density at radius 2 is 1.57 bits per heavy atom. The summed E-state index contributed by atoms with van der Waals surface area (Å²) in [5.74, 6) is -0.973. The Labute approximate surface area is 212 Å². The smallest absolute Gasteiger partial charge is 0.279 e. The monoisotopic (exact) mass is 522 g/mol. The van der Waals surface area contributed by atoms with Gasteiger partial charge in [0.15, 0.2) is 11.5 Å². The predicted octanol–water partition coefficient (Wildman–Crippen LogP) is 3.05. The molecule has 10 nitrogen and oxygen atoms in total. The molecule has 0 aromatic heterocycles. The van der Waals surface area contributed by atoms with Crippen molar-refractivity contribution < 1.29 is 37.0 Å². The summed E-state index contributed by atoms with van der Waals surface area (Å²) in [5, 5.41) is 2.18. The fraction of sp³-hybridized carbons (Fsp3) is 0.192. The van der Waals surface area contributed by atoms with Gasteiger partial charge in [0.05, 0.1) is 16.0 Å². The number of nitrogens with one attached hydrogen (secondary N) is 2. The lowest BCUT2D eigenvalue weighted by molar-refractivity contribution is -0.126. The van der Waals surface area contributed by atoms with Gasteiger partial charge in [0, 0.05) is 5.56 Å². The number of carbonyl (C=O) groups is 3. The maximum Gasteiger partial charge on any atom is 0.279 e. The summed E-state index contributed by atoms with van der Waals surface area (Å²) in [6.45, 7) is 3.97. The second-order valence-corrected chi connectivity index (χ2v) is 10.5. The van der Waals surface area contributed by atoms with Crippen molar-refractivity contribution in [1.29, 1.82) is 0 Å². The summed E-state index contributed by atoms with van der Waals surface area (Å²) in [6.07, 6.45) is -1.45. The molecule has 0 fully saturated rings. The molecule has 11 heteroatoms. The quantitative estimate of drug-likeness (QED) is 0.452. The van der Waals surface area contributed by atoms with Gasteiger partial charge in [-0.25, -0.2) is 13.1 Å². The van der Waals surface area contributed by atoms with Gasteiger partial charge in [-0.3, -0.25) is 19.7 Å². The van der Waals surface area contributed by atoms with Gasteiger partial charge in [0.25, 0.3) is 27.7 Å². The van der Waals surface area contributed by atoms with Gasteiger partial charge in [0.1, 0.15) is 5.75 Å². The van der Waals surface area contributed by atoms with Crippen molar-refractivity contribution in [2.75, 3.05) is 6.79 Å². The van der Waals surface area contributed by atoms with E-state index in [0.29, 0.717) is 11.5 Å². The molecular weight excluding hydrogens is 500 g/mol. The molecule has 37 heavy (non-hydrogen) atoms. The Bertz CT molecular complexity index is 1530. The summed E-state index contributed by atoms with van der Waals surface area (Å²) in [7, 11) is -4.23. The maximum absolute atomic E-state index is 13.3. The van der Waals surface area contributed by atoms with E-state index in [0.717, 1.165) is 5.56 Å². The number of rotatable bonds is 7. The maximum atomic E-state index is 13.3. The molecule has 2 aliphatic heterocycles. The fourth-order valence-electron chi connectivity index (χ4n) is 3.98. The minimum Gasteiger partial charge on any atom is -0.476 e. The molecule has 1 atom stereocenters. The second-order valence-electron chi connectivity index (χ2n) is 8.79. The molecule has 0 saturated carbocycles. The Morgan fingerprint density at radius 1 is 0.892 bits per heavy atom. The molecule has 0 bridgehead atoms. The van der Waals surface area contributed by atoms with E-state index in [1.165, 1.54) is 36.4 Å². The summed E-state index contributed by atoms with van der Waals surface area (Å²) in [6, 6.07) is 15.0. The van der Waals surface area contributed by atoms with Crippen molar-refractivity contribution in [3.63, 3.8) is 0 Å². The largest absolute Gasteiger partial charge is 0.476 e. The van der Waals surface area contributed by atoms with Crippen molar-refractivity contribution in [2.45, 2.75) is 30.8 Å². The molecule has 0 saturated heterocycles. The molecular formula is C26H22N2O8S. The van der Waals surface area contributed by atoms with E-state index >= 15 is 0 Å². The Hall–Kier alpha value is -4.38. The van der Waals surface area contributed by atoms with E-state index in [9.17, 15) is 22.8 Å². The molecule has 5 rings (SSSR count). The standard InChI is InChI=1S/C26H22N2O8S/c1-14(2)15-3-7-18(8-4-15)37(32,33)28-26(31)23(16-5-10-21-22(11-16)35-13-34-21)36-17-6-9-19-20(12-17)25(30)27-24(19)29/h3-12,14,23H,13H2,1-2H3,(H,28,31)(H,27,29,30). The Kier molecular flexibility index (Phi) is 6.08. The van der Waals surface area contributed by atoms with Crippen molar-refractivity contribution in [3.05, 3.63) is 82.9 Å². The average Bonchev–Trinajstić information content (AvgIpc) is 3.45. The summed E-state index contributed by atoms with van der Waals surface area (Å²) in [5.41, 5.74) is 1.50. The summed E-state index contributed by atoms with van der Waals surface area (Å²) >= 11 is 0. The van der Waals surface area contributed by atoms with Gasteiger partial charge in [-0.15, -0.1) is 0 Å². The minimum atomic E-state index is -4.23. The molecule has 3 aromatic carbocycles. The van der Waals surface area contributed by atoms with Crippen LogP contribution in [0, 0.1) is 0 Å². The van der Waals surface area contributed by atoms with Crippen LogP contribution >= 0.6 is 0 Å². The van der Waals surface area contributed by atoms with Gasteiger partial charge in [-0.1, -0.05) is 32.0 Å². The van der Waals surface area contributed by atoms with Gasteiger partial charge in [-0.05, 0) is 53.9 Å². The fourth-order valence-corrected chi connectivity index (χ4v) is 4.97. The lowest BCUT2D eigenvalue weighted by Gasteiger charge is -2.20. The summed E-state index contributed by atoms with van der Waals surface area (Å²) < 4.78 is 44.7. The van der Waals surface area contributed by atoms with Gasteiger partial charge in [0.2, 0.25) is 12.9 Å². The topological polar surface area (TPSA) is 137 Å². The van der Waals surface area contributed by atoms with E-state index in [-0.39, 0.29) is 40.0 Å². The third kappa shape index (κ3) is 4.73. The Morgan fingerprint density at radius 3 is 2.30 bits per heavy atom. The Balaban J connectivity index is 1.46. The van der Waals surface area contributed by atoms with E-state index in [1.54, 1.807) is 24.3 Å². The molecule has 0 radical (unpaired) electrons. The lowest BCUT2D eigenvalue weighted by Crippen LogP contribution is -2.36. The first-order valence-electron chi connectivity index (χ1n) is 11.3. The van der Waals surface area contributed by atoms with Crippen LogP contribution in [0.3, 0.4) is 0 Å². The highest BCUT2D eigenvalue weighted by molar-refractivity contribution is 7.90. The minimum absolute atomic E-state index is 0.00518. The molecule has 1 unspecified atom stereocenters. The number of fused-ring (bicyclic) bond motifs is 2. The van der Waals surface area contributed by atoms with Crippen molar-refractivity contribution >= 4 is 27.7 Å². The summed E-state index contributed by atoms with van der Waals surface area (Å²) in [4.78, 5) is 37.2. The normalized spacial score (nSPS) is 14.8.